The zero-order chi connectivity index (χ0) is 28.5. The van der Waals surface area contributed by atoms with Gasteiger partial charge in [-0.15, -0.1) is 11.8 Å². The molecule has 7 heteroatoms. The zero-order valence-electron chi connectivity index (χ0n) is 22.7. The number of nitrogens with one attached hydrogen (secondary N) is 3. The van der Waals surface area contributed by atoms with E-state index in [1.54, 1.807) is 42.5 Å². The standard InChI is InChI=1S/C33H31N3O3S/c1-22-9-12-25(13-10-22)20-30(36-32(38)26-7-5-4-6-8-26)33(39)35-27-15-17-29(18-16-27)40-21-31(37)34-28-14-11-23(2)24(3)19-28/h4-20H,21H2,1-3H3,(H,34,37)(H,35,39)(H,36,38)/b30-20-. The molecule has 202 valence electrons. The minimum Gasteiger partial charge on any atom is -0.325 e. The Kier molecular flexibility index (Phi) is 9.54. The monoisotopic (exact) mass is 549 g/mol. The maximum Gasteiger partial charge on any atom is 0.272 e. The van der Waals surface area contributed by atoms with Crippen LogP contribution in [0.3, 0.4) is 0 Å². The lowest BCUT2D eigenvalue weighted by Crippen LogP contribution is -2.30. The first kappa shape index (κ1) is 28.4. The molecule has 0 saturated heterocycles. The Hall–Kier alpha value is -4.62. The maximum absolute atomic E-state index is 13.2. The van der Waals surface area contributed by atoms with Crippen LogP contribution in [0.5, 0.6) is 0 Å². The number of carbonyl (C=O) groups excluding carboxylic acids is 3. The van der Waals surface area contributed by atoms with Crippen molar-refractivity contribution in [1.29, 1.82) is 0 Å². The summed E-state index contributed by atoms with van der Waals surface area (Å²) in [5.74, 6) is -0.656. The molecular weight excluding hydrogens is 518 g/mol. The molecule has 3 N–H and O–H groups in total. The number of hydrogen-bond donors (Lipinski definition) is 3. The van der Waals surface area contributed by atoms with Crippen molar-refractivity contribution >= 4 is 46.9 Å². The van der Waals surface area contributed by atoms with E-state index in [1.807, 2.05) is 81.4 Å². The molecule has 0 aliphatic rings. The Balaban J connectivity index is 1.39. The van der Waals surface area contributed by atoms with Crippen LogP contribution < -0.4 is 16.0 Å². The highest BCUT2D eigenvalue weighted by Gasteiger charge is 2.15. The van der Waals surface area contributed by atoms with Gasteiger partial charge in [-0.1, -0.05) is 54.1 Å². The van der Waals surface area contributed by atoms with Gasteiger partial charge < -0.3 is 16.0 Å². The highest BCUT2D eigenvalue weighted by atomic mass is 32.2. The van der Waals surface area contributed by atoms with Gasteiger partial charge in [0.05, 0.1) is 5.75 Å². The number of thioether (sulfide) groups is 1. The molecule has 4 aromatic rings. The van der Waals surface area contributed by atoms with Gasteiger partial charge in [-0.3, -0.25) is 14.4 Å². The third kappa shape index (κ3) is 8.19. The van der Waals surface area contributed by atoms with E-state index in [2.05, 4.69) is 16.0 Å². The van der Waals surface area contributed by atoms with Gasteiger partial charge >= 0.3 is 0 Å². The minimum absolute atomic E-state index is 0.0920. The number of amides is 3. The van der Waals surface area contributed by atoms with Crippen LogP contribution in [-0.2, 0) is 9.59 Å². The summed E-state index contributed by atoms with van der Waals surface area (Å²) in [6.45, 7) is 6.03. The van der Waals surface area contributed by atoms with Gasteiger partial charge in [-0.05, 0) is 92.1 Å². The van der Waals surface area contributed by atoms with Crippen LogP contribution in [0.25, 0.3) is 6.08 Å². The van der Waals surface area contributed by atoms with Gasteiger partial charge in [0.25, 0.3) is 11.8 Å². The second kappa shape index (κ2) is 13.4. The van der Waals surface area contributed by atoms with E-state index in [1.165, 1.54) is 17.3 Å². The quantitative estimate of drug-likeness (QED) is 0.159. The van der Waals surface area contributed by atoms with Crippen LogP contribution in [0.2, 0.25) is 0 Å². The lowest BCUT2D eigenvalue weighted by atomic mass is 10.1. The third-order valence-electron chi connectivity index (χ3n) is 6.19. The van der Waals surface area contributed by atoms with E-state index in [0.717, 1.165) is 27.3 Å². The summed E-state index contributed by atoms with van der Waals surface area (Å²) < 4.78 is 0. The average Bonchev–Trinajstić information content (AvgIpc) is 2.96. The van der Waals surface area contributed by atoms with Gasteiger partial charge in [0.2, 0.25) is 5.91 Å². The second-order valence-electron chi connectivity index (χ2n) is 9.40. The molecule has 4 aromatic carbocycles. The number of hydrogen-bond acceptors (Lipinski definition) is 4. The molecule has 3 amide bonds. The predicted octanol–water partition coefficient (Wildman–Crippen LogP) is 6.75. The minimum atomic E-state index is -0.446. The molecule has 0 bridgehead atoms. The Bertz CT molecular complexity index is 1530. The van der Waals surface area contributed by atoms with E-state index >= 15 is 0 Å². The highest BCUT2D eigenvalue weighted by Crippen LogP contribution is 2.22. The zero-order valence-corrected chi connectivity index (χ0v) is 23.5. The molecule has 0 radical (unpaired) electrons. The van der Waals surface area contributed by atoms with Crippen molar-refractivity contribution in [2.45, 2.75) is 25.7 Å². The number of rotatable bonds is 9. The summed E-state index contributed by atoms with van der Waals surface area (Å²) in [6.07, 6.45) is 1.65. The fourth-order valence-corrected chi connectivity index (χ4v) is 4.47. The molecule has 0 fully saturated rings. The lowest BCUT2D eigenvalue weighted by Gasteiger charge is -2.12. The molecular formula is C33H31N3O3S. The first-order valence-corrected chi connectivity index (χ1v) is 13.8. The normalized spacial score (nSPS) is 11.0. The van der Waals surface area contributed by atoms with Crippen molar-refractivity contribution in [3.63, 3.8) is 0 Å². The number of anilines is 2. The van der Waals surface area contributed by atoms with Gasteiger partial charge in [0.15, 0.2) is 0 Å². The molecule has 0 spiro atoms. The van der Waals surface area contributed by atoms with E-state index in [9.17, 15) is 14.4 Å². The van der Waals surface area contributed by atoms with Crippen LogP contribution >= 0.6 is 11.8 Å². The summed E-state index contributed by atoms with van der Waals surface area (Å²) >= 11 is 1.40. The topological polar surface area (TPSA) is 87.3 Å². The molecule has 0 aromatic heterocycles. The highest BCUT2D eigenvalue weighted by molar-refractivity contribution is 8.00. The van der Waals surface area contributed by atoms with E-state index < -0.39 is 5.91 Å². The molecule has 0 heterocycles. The summed E-state index contributed by atoms with van der Waals surface area (Å²) in [6, 6.07) is 29.5. The van der Waals surface area contributed by atoms with Gasteiger partial charge in [-0.25, -0.2) is 0 Å². The first-order valence-electron chi connectivity index (χ1n) is 12.8. The number of carbonyl (C=O) groups is 3. The lowest BCUT2D eigenvalue weighted by molar-refractivity contribution is -0.114. The summed E-state index contributed by atoms with van der Waals surface area (Å²) in [5.41, 5.74) is 6.10. The Morgan fingerprint density at radius 1 is 0.725 bits per heavy atom. The molecule has 0 atom stereocenters. The Morgan fingerprint density at radius 3 is 2.08 bits per heavy atom. The molecule has 6 nitrogen and oxygen atoms in total. The van der Waals surface area contributed by atoms with Crippen molar-refractivity contribution < 1.29 is 14.4 Å². The van der Waals surface area contributed by atoms with Gasteiger partial charge in [0.1, 0.15) is 5.70 Å². The van der Waals surface area contributed by atoms with Crippen LogP contribution in [0.4, 0.5) is 11.4 Å². The molecule has 40 heavy (non-hydrogen) atoms. The summed E-state index contributed by atoms with van der Waals surface area (Å²) in [5, 5.41) is 8.53. The van der Waals surface area contributed by atoms with Crippen molar-refractivity contribution in [3.8, 4) is 0 Å². The van der Waals surface area contributed by atoms with Crippen LogP contribution in [-0.4, -0.2) is 23.5 Å². The number of aryl methyl sites for hydroxylation is 3. The smallest absolute Gasteiger partial charge is 0.272 e. The van der Waals surface area contributed by atoms with E-state index in [4.69, 9.17) is 0 Å². The second-order valence-corrected chi connectivity index (χ2v) is 10.5. The van der Waals surface area contributed by atoms with Crippen molar-refractivity contribution in [2.24, 2.45) is 0 Å². The van der Waals surface area contributed by atoms with E-state index in [0.29, 0.717) is 11.3 Å². The largest absolute Gasteiger partial charge is 0.325 e. The SMILES string of the molecule is Cc1ccc(/C=C(\NC(=O)c2ccccc2)C(=O)Nc2ccc(SCC(=O)Nc3ccc(C)c(C)c3)cc2)cc1. The summed E-state index contributed by atoms with van der Waals surface area (Å²) in [7, 11) is 0. The fourth-order valence-electron chi connectivity index (χ4n) is 3.77. The number of benzene rings is 4. The first-order chi connectivity index (χ1) is 19.3. The average molecular weight is 550 g/mol. The molecule has 0 saturated carbocycles. The van der Waals surface area contributed by atoms with Crippen LogP contribution in [0.15, 0.2) is 108 Å². The van der Waals surface area contributed by atoms with Crippen LogP contribution in [0.1, 0.15) is 32.6 Å². The van der Waals surface area contributed by atoms with Crippen molar-refractivity contribution in [1.82, 2.24) is 5.32 Å². The molecule has 4 rings (SSSR count). The molecule has 0 unspecified atom stereocenters. The Morgan fingerprint density at radius 2 is 1.40 bits per heavy atom. The molecule has 0 aliphatic carbocycles. The van der Waals surface area contributed by atoms with Crippen molar-refractivity contribution in [3.05, 3.63) is 131 Å². The Labute approximate surface area is 238 Å². The van der Waals surface area contributed by atoms with Gasteiger partial charge in [0, 0.05) is 21.8 Å². The maximum atomic E-state index is 13.2. The van der Waals surface area contributed by atoms with Crippen LogP contribution in [0, 0.1) is 20.8 Å². The molecule has 0 aliphatic heterocycles. The predicted molar refractivity (Wildman–Crippen MR) is 163 cm³/mol. The summed E-state index contributed by atoms with van der Waals surface area (Å²) in [4.78, 5) is 39.3. The third-order valence-corrected chi connectivity index (χ3v) is 7.20. The van der Waals surface area contributed by atoms with Gasteiger partial charge in [-0.2, -0.15) is 0 Å². The van der Waals surface area contributed by atoms with Crippen molar-refractivity contribution in [2.75, 3.05) is 16.4 Å². The van der Waals surface area contributed by atoms with E-state index in [-0.39, 0.29) is 23.3 Å². The fraction of sp³-hybridized carbons (Fsp3) is 0.121.